The molecule has 2 atom stereocenters. The number of benzene rings is 1. The Hall–Kier alpha value is -3.42. The van der Waals surface area contributed by atoms with Gasteiger partial charge in [0.05, 0.1) is 5.56 Å². The largest absolute Gasteiger partial charge is 0.402 e. The highest BCUT2D eigenvalue weighted by Crippen LogP contribution is 2.38. The summed E-state index contributed by atoms with van der Waals surface area (Å²) in [5.41, 5.74) is 13.5. The van der Waals surface area contributed by atoms with Crippen LogP contribution >= 0.6 is 0 Å². The van der Waals surface area contributed by atoms with Crippen molar-refractivity contribution in [1.82, 2.24) is 9.88 Å². The molecule has 182 valence electrons. The van der Waals surface area contributed by atoms with Crippen LogP contribution in [0, 0.1) is 29.4 Å². The molecule has 1 aliphatic rings. The lowest BCUT2D eigenvalue weighted by Gasteiger charge is -2.36. The van der Waals surface area contributed by atoms with Crippen molar-refractivity contribution in [2.75, 3.05) is 13.1 Å². The topological polar surface area (TPSA) is 105 Å². The second kappa shape index (κ2) is 10.7. The normalized spacial score (nSPS) is 18.9. The number of rotatable bonds is 7. The molecule has 6 nitrogen and oxygen atoms in total. The number of nitrogens with zero attached hydrogens (tertiary/aromatic N) is 1. The molecule has 1 aromatic heterocycles. The lowest BCUT2D eigenvalue weighted by Crippen LogP contribution is -2.40. The van der Waals surface area contributed by atoms with E-state index >= 15 is 0 Å². The fourth-order valence-electron chi connectivity index (χ4n) is 4.46. The second-order valence-corrected chi connectivity index (χ2v) is 9.09. The van der Waals surface area contributed by atoms with E-state index in [0.717, 1.165) is 24.1 Å². The van der Waals surface area contributed by atoms with Crippen LogP contribution in [0.25, 0.3) is 5.70 Å². The fourth-order valence-corrected chi connectivity index (χ4v) is 4.46. The van der Waals surface area contributed by atoms with Crippen LogP contribution in [-0.2, 0) is 0 Å². The van der Waals surface area contributed by atoms with E-state index < -0.39 is 11.6 Å². The zero-order valence-electron chi connectivity index (χ0n) is 19.8. The first-order valence-electron chi connectivity index (χ1n) is 11.5. The van der Waals surface area contributed by atoms with Crippen LogP contribution in [0.3, 0.4) is 0 Å². The third-order valence-electron chi connectivity index (χ3n) is 6.51. The third kappa shape index (κ3) is 5.55. The maximum Gasteiger partial charge on any atom is 0.270 e. The van der Waals surface area contributed by atoms with Gasteiger partial charge in [0.1, 0.15) is 17.3 Å². The van der Waals surface area contributed by atoms with E-state index in [9.17, 15) is 18.4 Å². The van der Waals surface area contributed by atoms with Gasteiger partial charge in [0.2, 0.25) is 5.56 Å². The molecule has 0 bridgehead atoms. The summed E-state index contributed by atoms with van der Waals surface area (Å²) in [6, 6.07) is 8.07. The molecule has 3 rings (SSSR count). The van der Waals surface area contributed by atoms with Crippen LogP contribution in [0.4, 0.5) is 8.78 Å². The van der Waals surface area contributed by atoms with E-state index in [0.29, 0.717) is 31.1 Å². The highest BCUT2D eigenvalue weighted by atomic mass is 19.1. The first-order valence-corrected chi connectivity index (χ1v) is 11.5. The van der Waals surface area contributed by atoms with Gasteiger partial charge in [-0.1, -0.05) is 26.0 Å². The molecule has 1 aliphatic carbocycles. The van der Waals surface area contributed by atoms with Crippen LogP contribution in [-0.4, -0.2) is 28.9 Å². The zero-order valence-corrected chi connectivity index (χ0v) is 19.8. The highest BCUT2D eigenvalue weighted by molar-refractivity contribution is 5.92. The molecule has 1 amide bonds. The van der Waals surface area contributed by atoms with Crippen molar-refractivity contribution in [3.05, 3.63) is 87.0 Å². The Labute approximate surface area is 198 Å². The standard InChI is InChI=1S/C26H32F2N4O2/c1-4-32(26(34)22-9-6-10-23(33)31-22)14-18-12-16(15(2)3)11-17(25(18)30)13-21(29)24-19(27)7-5-8-20(24)28/h5-10,13,15-16,18H,4,11-12,14,29-30H2,1-3H3,(H,31,33)/b21-13-. The number of pyridine rings is 1. The molecule has 5 N–H and O–H groups in total. The molecule has 0 radical (unpaired) electrons. The maximum absolute atomic E-state index is 14.3. The number of hydrogen-bond donors (Lipinski definition) is 3. The number of carbonyl (C=O) groups excluding carboxylic acids is 1. The van der Waals surface area contributed by atoms with Crippen molar-refractivity contribution in [1.29, 1.82) is 0 Å². The van der Waals surface area contributed by atoms with E-state index in [1.54, 1.807) is 17.0 Å². The minimum absolute atomic E-state index is 0.0259. The number of nitrogens with one attached hydrogen (secondary N) is 1. The predicted molar refractivity (Wildman–Crippen MR) is 129 cm³/mol. The molecule has 0 fully saturated rings. The van der Waals surface area contributed by atoms with Crippen molar-refractivity contribution in [3.63, 3.8) is 0 Å². The molecule has 0 spiro atoms. The number of allylic oxidation sites excluding steroid dienone is 2. The Bertz CT molecular complexity index is 1150. The third-order valence-corrected chi connectivity index (χ3v) is 6.51. The Morgan fingerprint density at radius 3 is 2.44 bits per heavy atom. The quantitative estimate of drug-likeness (QED) is 0.569. The van der Waals surface area contributed by atoms with Gasteiger partial charge in [-0.05, 0) is 61.4 Å². The van der Waals surface area contributed by atoms with Crippen molar-refractivity contribution >= 4 is 11.6 Å². The lowest BCUT2D eigenvalue weighted by molar-refractivity contribution is 0.0727. The van der Waals surface area contributed by atoms with Gasteiger partial charge in [-0.25, -0.2) is 8.78 Å². The summed E-state index contributed by atoms with van der Waals surface area (Å²) in [5, 5.41) is 0. The van der Waals surface area contributed by atoms with Crippen molar-refractivity contribution in [2.24, 2.45) is 29.2 Å². The minimum Gasteiger partial charge on any atom is -0.402 e. The fraction of sp³-hybridized carbons (Fsp3) is 0.385. The van der Waals surface area contributed by atoms with Gasteiger partial charge in [0.25, 0.3) is 5.91 Å². The second-order valence-electron chi connectivity index (χ2n) is 9.09. The first kappa shape index (κ1) is 25.2. The van der Waals surface area contributed by atoms with Crippen LogP contribution in [0.2, 0.25) is 0 Å². The smallest absolute Gasteiger partial charge is 0.270 e. The van der Waals surface area contributed by atoms with Gasteiger partial charge in [-0.15, -0.1) is 0 Å². The summed E-state index contributed by atoms with van der Waals surface area (Å²) in [6.07, 6.45) is 2.96. The number of amides is 1. The van der Waals surface area contributed by atoms with Gasteiger partial charge in [0, 0.05) is 36.5 Å². The molecule has 0 aliphatic heterocycles. The molecule has 0 saturated carbocycles. The van der Waals surface area contributed by atoms with Crippen LogP contribution in [0.15, 0.2) is 58.5 Å². The van der Waals surface area contributed by atoms with Crippen molar-refractivity contribution in [3.8, 4) is 0 Å². The summed E-state index contributed by atoms with van der Waals surface area (Å²) < 4.78 is 28.5. The van der Waals surface area contributed by atoms with E-state index in [1.165, 1.54) is 18.2 Å². The van der Waals surface area contributed by atoms with E-state index in [4.69, 9.17) is 11.5 Å². The Morgan fingerprint density at radius 2 is 1.85 bits per heavy atom. The Balaban J connectivity index is 1.95. The molecule has 8 heteroatoms. The molecule has 34 heavy (non-hydrogen) atoms. The molecular weight excluding hydrogens is 438 g/mol. The number of aromatic amines is 1. The van der Waals surface area contributed by atoms with Gasteiger partial charge in [-0.2, -0.15) is 0 Å². The number of carbonyl (C=O) groups is 1. The highest BCUT2D eigenvalue weighted by Gasteiger charge is 2.31. The summed E-state index contributed by atoms with van der Waals surface area (Å²) in [7, 11) is 0. The Morgan fingerprint density at radius 1 is 1.21 bits per heavy atom. The monoisotopic (exact) mass is 470 g/mol. The van der Waals surface area contributed by atoms with Crippen molar-refractivity contribution < 1.29 is 13.6 Å². The van der Waals surface area contributed by atoms with Crippen LogP contribution in [0.1, 0.15) is 49.7 Å². The molecule has 1 heterocycles. The first-order chi connectivity index (χ1) is 16.1. The minimum atomic E-state index is -0.736. The van der Waals surface area contributed by atoms with Gasteiger partial charge < -0.3 is 21.4 Å². The van der Waals surface area contributed by atoms with Crippen LogP contribution < -0.4 is 17.0 Å². The van der Waals surface area contributed by atoms with E-state index in [2.05, 4.69) is 18.8 Å². The van der Waals surface area contributed by atoms with E-state index in [1.807, 2.05) is 6.92 Å². The summed E-state index contributed by atoms with van der Waals surface area (Å²) in [6.45, 7) is 6.87. The summed E-state index contributed by atoms with van der Waals surface area (Å²) in [4.78, 5) is 28.9. The lowest BCUT2D eigenvalue weighted by atomic mass is 9.74. The van der Waals surface area contributed by atoms with E-state index in [-0.39, 0.29) is 40.3 Å². The molecule has 0 saturated heterocycles. The molecule has 2 aromatic rings. The average Bonchev–Trinajstić information content (AvgIpc) is 2.78. The number of nitrogens with two attached hydrogens (primary N) is 2. The number of aromatic nitrogens is 1. The summed E-state index contributed by atoms with van der Waals surface area (Å²) >= 11 is 0. The van der Waals surface area contributed by atoms with Crippen LogP contribution in [0.5, 0.6) is 0 Å². The van der Waals surface area contributed by atoms with Gasteiger partial charge in [0.15, 0.2) is 0 Å². The number of halogens is 2. The zero-order chi connectivity index (χ0) is 25.0. The van der Waals surface area contributed by atoms with Gasteiger partial charge in [-0.3, -0.25) is 9.59 Å². The predicted octanol–water partition coefficient (Wildman–Crippen LogP) is 4.01. The summed E-state index contributed by atoms with van der Waals surface area (Å²) in [5.74, 6) is -1.33. The SMILES string of the molecule is CCN(CC1CC(C(C)C)CC(/C=C(\N)c2c(F)cccc2F)=C1N)C(=O)c1cccc(=O)[nH]1. The maximum atomic E-state index is 14.3. The number of hydrogen-bond acceptors (Lipinski definition) is 4. The van der Waals surface area contributed by atoms with Crippen molar-refractivity contribution in [2.45, 2.75) is 33.6 Å². The molecule has 1 aromatic carbocycles. The molecule has 2 unspecified atom stereocenters. The average molecular weight is 471 g/mol. The molecular formula is C26H32F2N4O2. The Kier molecular flexibility index (Phi) is 7.91. The number of H-pyrrole nitrogens is 1. The van der Waals surface area contributed by atoms with Gasteiger partial charge >= 0.3 is 0 Å².